The average molecular weight is 339 g/mol. The standard InChI is InChI=1S/C14H17N3O5S/c18-14(12-6-13(12)17(19)20)16(8-10-2-1-4-15-7-10)11-3-5-23(21,22)9-11/h1-2,4,7,11-13H,3,5-6,8-9H2/t11-,12+,13+/m0/s1. The van der Waals surface area contributed by atoms with E-state index in [1.54, 1.807) is 24.5 Å². The molecule has 1 aliphatic carbocycles. The molecule has 2 aliphatic rings. The second-order valence-corrected chi connectivity index (χ2v) is 8.31. The fourth-order valence-electron chi connectivity index (χ4n) is 2.99. The topological polar surface area (TPSA) is 110 Å². The molecule has 1 saturated heterocycles. The third kappa shape index (κ3) is 3.49. The van der Waals surface area contributed by atoms with Crippen molar-refractivity contribution in [3.05, 3.63) is 40.2 Å². The number of carbonyl (C=O) groups is 1. The summed E-state index contributed by atoms with van der Waals surface area (Å²) in [4.78, 5) is 28.5. The number of hydrogen-bond donors (Lipinski definition) is 0. The summed E-state index contributed by atoms with van der Waals surface area (Å²) in [7, 11) is -3.14. The maximum atomic E-state index is 12.6. The Hall–Kier alpha value is -2.03. The van der Waals surface area contributed by atoms with Gasteiger partial charge in [-0.3, -0.25) is 19.9 Å². The van der Waals surface area contributed by atoms with Gasteiger partial charge >= 0.3 is 0 Å². The lowest BCUT2D eigenvalue weighted by Crippen LogP contribution is -2.42. The summed E-state index contributed by atoms with van der Waals surface area (Å²) in [6.07, 6.45) is 3.83. The third-order valence-corrected chi connectivity index (χ3v) is 6.10. The largest absolute Gasteiger partial charge is 0.334 e. The van der Waals surface area contributed by atoms with Crippen molar-refractivity contribution < 1.29 is 18.1 Å². The molecule has 9 heteroatoms. The smallest absolute Gasteiger partial charge is 0.233 e. The van der Waals surface area contributed by atoms with Crippen LogP contribution in [0, 0.1) is 16.0 Å². The molecule has 0 aromatic carbocycles. The van der Waals surface area contributed by atoms with E-state index in [0.29, 0.717) is 6.42 Å². The van der Waals surface area contributed by atoms with Crippen LogP contribution in [0.3, 0.4) is 0 Å². The molecule has 0 radical (unpaired) electrons. The molecule has 1 saturated carbocycles. The number of carbonyl (C=O) groups excluding carboxylic acids is 1. The zero-order valence-corrected chi connectivity index (χ0v) is 13.2. The van der Waals surface area contributed by atoms with E-state index >= 15 is 0 Å². The molecule has 0 unspecified atom stereocenters. The lowest BCUT2D eigenvalue weighted by molar-refractivity contribution is -0.497. The predicted octanol–water partition coefficient (Wildman–Crippen LogP) is 0.262. The van der Waals surface area contributed by atoms with Gasteiger partial charge in [-0.15, -0.1) is 0 Å². The van der Waals surface area contributed by atoms with Crippen LogP contribution in [0.5, 0.6) is 0 Å². The zero-order valence-electron chi connectivity index (χ0n) is 12.4. The Bertz CT molecular complexity index is 721. The van der Waals surface area contributed by atoms with Crippen molar-refractivity contribution in [1.82, 2.24) is 9.88 Å². The summed E-state index contributed by atoms with van der Waals surface area (Å²) in [6, 6.07) is 2.28. The van der Waals surface area contributed by atoms with Gasteiger partial charge in [-0.2, -0.15) is 0 Å². The molecule has 2 fully saturated rings. The van der Waals surface area contributed by atoms with E-state index in [-0.39, 0.29) is 30.4 Å². The van der Waals surface area contributed by atoms with E-state index in [1.807, 2.05) is 0 Å². The highest BCUT2D eigenvalue weighted by Gasteiger charge is 2.55. The van der Waals surface area contributed by atoms with Crippen LogP contribution in [-0.2, 0) is 21.2 Å². The number of rotatable bonds is 5. The monoisotopic (exact) mass is 339 g/mol. The molecule has 0 N–H and O–H groups in total. The molecule has 0 spiro atoms. The molecule has 1 amide bonds. The third-order valence-electron chi connectivity index (χ3n) is 4.35. The van der Waals surface area contributed by atoms with Gasteiger partial charge in [0.1, 0.15) is 5.92 Å². The lowest BCUT2D eigenvalue weighted by Gasteiger charge is -2.28. The quantitative estimate of drug-likeness (QED) is 0.562. The molecule has 3 rings (SSSR count). The number of amides is 1. The van der Waals surface area contributed by atoms with Crippen LogP contribution < -0.4 is 0 Å². The fourth-order valence-corrected chi connectivity index (χ4v) is 4.72. The molecule has 1 aliphatic heterocycles. The fraction of sp³-hybridized carbons (Fsp3) is 0.571. The van der Waals surface area contributed by atoms with E-state index < -0.39 is 32.8 Å². The van der Waals surface area contributed by atoms with Crippen LogP contribution in [0.25, 0.3) is 0 Å². The first kappa shape index (κ1) is 15.9. The van der Waals surface area contributed by atoms with Gasteiger partial charge in [0, 0.05) is 36.3 Å². The van der Waals surface area contributed by atoms with Crippen molar-refractivity contribution >= 4 is 15.7 Å². The van der Waals surface area contributed by atoms with Crippen molar-refractivity contribution in [2.45, 2.75) is 31.5 Å². The number of nitro groups is 1. The van der Waals surface area contributed by atoms with Crippen molar-refractivity contribution in [2.75, 3.05) is 11.5 Å². The highest BCUT2D eigenvalue weighted by molar-refractivity contribution is 7.91. The first-order chi connectivity index (χ1) is 10.9. The molecular formula is C14H17N3O5S. The molecular weight excluding hydrogens is 322 g/mol. The SMILES string of the molecule is O=C([C@@H]1C[C@H]1[N+](=O)[O-])N(Cc1cccnc1)[C@H]1CCS(=O)(=O)C1. The zero-order chi connectivity index (χ0) is 16.6. The van der Waals surface area contributed by atoms with Gasteiger partial charge in [0.2, 0.25) is 11.9 Å². The highest BCUT2D eigenvalue weighted by Crippen LogP contribution is 2.36. The van der Waals surface area contributed by atoms with Gasteiger partial charge in [-0.1, -0.05) is 6.07 Å². The molecule has 1 aromatic heterocycles. The molecule has 1 aromatic rings. The Morgan fingerprint density at radius 2 is 2.26 bits per heavy atom. The van der Waals surface area contributed by atoms with Crippen molar-refractivity contribution in [1.29, 1.82) is 0 Å². The molecule has 124 valence electrons. The molecule has 0 bridgehead atoms. The van der Waals surface area contributed by atoms with Crippen LogP contribution in [0.4, 0.5) is 0 Å². The molecule has 23 heavy (non-hydrogen) atoms. The highest BCUT2D eigenvalue weighted by atomic mass is 32.2. The molecule has 2 heterocycles. The normalized spacial score (nSPS) is 28.3. The van der Waals surface area contributed by atoms with Crippen LogP contribution >= 0.6 is 0 Å². The van der Waals surface area contributed by atoms with Gasteiger partial charge in [-0.05, 0) is 18.1 Å². The number of hydrogen-bond acceptors (Lipinski definition) is 6. The summed E-state index contributed by atoms with van der Waals surface area (Å²) in [5.41, 5.74) is 0.781. The Balaban J connectivity index is 1.79. The minimum atomic E-state index is -3.14. The second-order valence-electron chi connectivity index (χ2n) is 6.08. The van der Waals surface area contributed by atoms with Gasteiger partial charge < -0.3 is 4.90 Å². The van der Waals surface area contributed by atoms with Gasteiger partial charge in [0.05, 0.1) is 11.5 Å². The Kier molecular flexibility index (Phi) is 4.05. The van der Waals surface area contributed by atoms with Crippen molar-refractivity contribution in [3.8, 4) is 0 Å². The first-order valence-electron chi connectivity index (χ1n) is 7.41. The molecule has 8 nitrogen and oxygen atoms in total. The summed E-state index contributed by atoms with van der Waals surface area (Å²) >= 11 is 0. The van der Waals surface area contributed by atoms with E-state index in [4.69, 9.17) is 0 Å². The van der Waals surface area contributed by atoms with Gasteiger partial charge in [0.25, 0.3) is 0 Å². The molecule has 3 atom stereocenters. The van der Waals surface area contributed by atoms with Crippen LogP contribution in [0.1, 0.15) is 18.4 Å². The Labute approximate surface area is 133 Å². The Morgan fingerprint density at radius 3 is 2.78 bits per heavy atom. The van der Waals surface area contributed by atoms with Crippen molar-refractivity contribution in [2.24, 2.45) is 5.92 Å². The maximum Gasteiger partial charge on any atom is 0.233 e. The average Bonchev–Trinajstić information content (AvgIpc) is 3.23. The lowest BCUT2D eigenvalue weighted by atomic mass is 10.1. The number of aromatic nitrogens is 1. The number of pyridine rings is 1. The second kappa shape index (κ2) is 5.88. The number of nitrogens with zero attached hydrogens (tertiary/aromatic N) is 3. The van der Waals surface area contributed by atoms with Crippen LogP contribution in [0.2, 0.25) is 0 Å². The number of sulfone groups is 1. The van der Waals surface area contributed by atoms with Crippen LogP contribution in [-0.4, -0.2) is 52.7 Å². The summed E-state index contributed by atoms with van der Waals surface area (Å²) < 4.78 is 23.4. The van der Waals surface area contributed by atoms with E-state index in [0.717, 1.165) is 5.56 Å². The summed E-state index contributed by atoms with van der Waals surface area (Å²) in [5, 5.41) is 10.8. The van der Waals surface area contributed by atoms with E-state index in [2.05, 4.69) is 4.98 Å². The summed E-state index contributed by atoms with van der Waals surface area (Å²) in [6.45, 7) is 0.230. The van der Waals surface area contributed by atoms with Gasteiger partial charge in [-0.25, -0.2) is 8.42 Å². The van der Waals surface area contributed by atoms with E-state index in [9.17, 15) is 23.3 Å². The Morgan fingerprint density at radius 1 is 1.48 bits per heavy atom. The predicted molar refractivity (Wildman–Crippen MR) is 80.7 cm³/mol. The van der Waals surface area contributed by atoms with Crippen LogP contribution in [0.15, 0.2) is 24.5 Å². The maximum absolute atomic E-state index is 12.6. The van der Waals surface area contributed by atoms with E-state index in [1.165, 1.54) is 4.90 Å². The first-order valence-corrected chi connectivity index (χ1v) is 9.23. The van der Waals surface area contributed by atoms with Gasteiger partial charge in [0.15, 0.2) is 9.84 Å². The minimum absolute atomic E-state index is 0.0534. The minimum Gasteiger partial charge on any atom is -0.334 e. The van der Waals surface area contributed by atoms with Crippen molar-refractivity contribution in [3.63, 3.8) is 0 Å². The summed E-state index contributed by atoms with van der Waals surface area (Å²) in [5.74, 6) is -0.977.